The molecule has 210 valence electrons. The minimum absolute atomic E-state index is 0.0742. The van der Waals surface area contributed by atoms with Crippen molar-refractivity contribution < 1.29 is 23.5 Å². The number of esters is 1. The van der Waals surface area contributed by atoms with Gasteiger partial charge in [0.2, 0.25) is 0 Å². The SMILES string of the molecule is CCOC(=O)CCN(C)C(=O)c1ccc(NC(c2oc3ccc(OCc4ccccc4)cc3c2C)C(C)C)cc1. The van der Waals surface area contributed by atoms with Gasteiger partial charge in [0.05, 0.1) is 19.1 Å². The molecule has 0 fully saturated rings. The van der Waals surface area contributed by atoms with Crippen molar-refractivity contribution in [1.29, 1.82) is 0 Å². The zero-order chi connectivity index (χ0) is 28.6. The Morgan fingerprint density at radius 1 is 1.00 bits per heavy atom. The van der Waals surface area contributed by atoms with E-state index in [1.54, 1.807) is 26.1 Å². The molecular weight excluding hydrogens is 504 g/mol. The lowest BCUT2D eigenvalue weighted by atomic mass is 9.97. The lowest BCUT2D eigenvalue weighted by molar-refractivity contribution is -0.143. The summed E-state index contributed by atoms with van der Waals surface area (Å²) in [4.78, 5) is 26.0. The molecule has 40 heavy (non-hydrogen) atoms. The van der Waals surface area contributed by atoms with Crippen LogP contribution in [0.1, 0.15) is 60.5 Å². The Morgan fingerprint density at radius 2 is 1.73 bits per heavy atom. The number of anilines is 1. The molecule has 3 aromatic carbocycles. The summed E-state index contributed by atoms with van der Waals surface area (Å²) in [5.74, 6) is 1.47. The van der Waals surface area contributed by atoms with Crippen molar-refractivity contribution in [2.45, 2.75) is 46.8 Å². The third-order valence-electron chi connectivity index (χ3n) is 6.90. The molecule has 0 aliphatic rings. The van der Waals surface area contributed by atoms with Gasteiger partial charge in [-0.2, -0.15) is 0 Å². The van der Waals surface area contributed by atoms with Gasteiger partial charge in [-0.3, -0.25) is 9.59 Å². The number of nitrogens with one attached hydrogen (secondary N) is 1. The van der Waals surface area contributed by atoms with Crippen LogP contribution in [0.25, 0.3) is 11.0 Å². The molecule has 0 saturated carbocycles. The molecule has 0 spiro atoms. The molecule has 1 heterocycles. The second-order valence-electron chi connectivity index (χ2n) is 10.2. The molecule has 1 unspecified atom stereocenters. The molecule has 0 radical (unpaired) electrons. The average Bonchev–Trinajstić information content (AvgIpc) is 3.29. The first-order valence-corrected chi connectivity index (χ1v) is 13.7. The van der Waals surface area contributed by atoms with Crippen LogP contribution in [0.2, 0.25) is 0 Å². The number of benzene rings is 3. The monoisotopic (exact) mass is 542 g/mol. The van der Waals surface area contributed by atoms with Crippen LogP contribution in [0.5, 0.6) is 5.75 Å². The Labute approximate surface area is 236 Å². The highest BCUT2D eigenvalue weighted by Gasteiger charge is 2.24. The summed E-state index contributed by atoms with van der Waals surface area (Å²) in [5, 5.41) is 4.62. The minimum atomic E-state index is -0.307. The summed E-state index contributed by atoms with van der Waals surface area (Å²) < 4.78 is 17.3. The maximum Gasteiger partial charge on any atom is 0.307 e. The minimum Gasteiger partial charge on any atom is -0.489 e. The topological polar surface area (TPSA) is 81.0 Å². The van der Waals surface area contributed by atoms with Gasteiger partial charge in [-0.05, 0) is 67.8 Å². The number of rotatable bonds is 12. The standard InChI is InChI=1S/C33H38N2O5/c1-6-38-30(36)18-19-35(5)33(37)25-12-14-26(15-13-25)34-31(22(2)3)32-23(4)28-20-27(16-17-29(28)40-32)39-21-24-10-8-7-9-11-24/h7-17,20,22,31,34H,6,18-19,21H2,1-5H3. The number of nitrogens with zero attached hydrogens (tertiary/aromatic N) is 1. The van der Waals surface area contributed by atoms with E-state index in [0.717, 1.165) is 39.3 Å². The number of carbonyl (C=O) groups excluding carboxylic acids is 2. The van der Waals surface area contributed by atoms with Gasteiger partial charge in [0.15, 0.2) is 0 Å². The first kappa shape index (κ1) is 28.7. The Balaban J connectivity index is 1.45. The lowest BCUT2D eigenvalue weighted by Gasteiger charge is -2.23. The molecule has 0 bridgehead atoms. The molecular formula is C33H38N2O5. The highest BCUT2D eigenvalue weighted by Crippen LogP contribution is 2.36. The van der Waals surface area contributed by atoms with Gasteiger partial charge >= 0.3 is 5.97 Å². The quantitative estimate of drug-likeness (QED) is 0.191. The molecule has 1 amide bonds. The third-order valence-corrected chi connectivity index (χ3v) is 6.90. The molecule has 7 heteroatoms. The molecule has 1 aromatic heterocycles. The van der Waals surface area contributed by atoms with E-state index < -0.39 is 0 Å². The predicted octanol–water partition coefficient (Wildman–Crippen LogP) is 7.15. The molecule has 4 aromatic rings. The van der Waals surface area contributed by atoms with Crippen molar-refractivity contribution in [1.82, 2.24) is 4.90 Å². The number of amides is 1. The van der Waals surface area contributed by atoms with Crippen LogP contribution in [0.15, 0.2) is 77.2 Å². The van der Waals surface area contributed by atoms with Gasteiger partial charge < -0.3 is 24.1 Å². The highest BCUT2D eigenvalue weighted by molar-refractivity contribution is 5.94. The normalized spacial score (nSPS) is 11.8. The van der Waals surface area contributed by atoms with Crippen LogP contribution in [-0.2, 0) is 16.1 Å². The van der Waals surface area contributed by atoms with E-state index in [2.05, 4.69) is 26.1 Å². The number of furan rings is 1. The van der Waals surface area contributed by atoms with Crippen molar-refractivity contribution in [3.63, 3.8) is 0 Å². The van der Waals surface area contributed by atoms with Crippen molar-refractivity contribution in [2.75, 3.05) is 25.5 Å². The number of ether oxygens (including phenoxy) is 2. The lowest BCUT2D eigenvalue weighted by Crippen LogP contribution is -2.29. The van der Waals surface area contributed by atoms with Crippen LogP contribution in [0.3, 0.4) is 0 Å². The number of carbonyl (C=O) groups is 2. The van der Waals surface area contributed by atoms with Gasteiger partial charge in [0.25, 0.3) is 5.91 Å². The fraction of sp³-hybridized carbons (Fsp3) is 0.333. The Bertz CT molecular complexity index is 1430. The first-order chi connectivity index (χ1) is 19.3. The van der Waals surface area contributed by atoms with Crippen LogP contribution in [0, 0.1) is 12.8 Å². The maximum atomic E-state index is 12.8. The van der Waals surface area contributed by atoms with E-state index in [-0.39, 0.29) is 30.3 Å². The van der Waals surface area contributed by atoms with Crippen molar-refractivity contribution >= 4 is 28.5 Å². The van der Waals surface area contributed by atoms with Gasteiger partial charge in [-0.15, -0.1) is 0 Å². The van der Waals surface area contributed by atoms with Crippen LogP contribution < -0.4 is 10.1 Å². The number of hydrogen-bond acceptors (Lipinski definition) is 6. The fourth-order valence-corrected chi connectivity index (χ4v) is 4.58. The summed E-state index contributed by atoms with van der Waals surface area (Å²) >= 11 is 0. The van der Waals surface area contributed by atoms with E-state index in [9.17, 15) is 9.59 Å². The van der Waals surface area contributed by atoms with E-state index >= 15 is 0 Å². The fourth-order valence-electron chi connectivity index (χ4n) is 4.58. The number of fused-ring (bicyclic) bond motifs is 1. The summed E-state index contributed by atoms with van der Waals surface area (Å²) in [7, 11) is 1.69. The largest absolute Gasteiger partial charge is 0.489 e. The molecule has 0 aliphatic carbocycles. The van der Waals surface area contributed by atoms with E-state index in [1.165, 1.54) is 4.90 Å². The second kappa shape index (κ2) is 13.2. The van der Waals surface area contributed by atoms with Crippen LogP contribution in [-0.4, -0.2) is 37.0 Å². The van der Waals surface area contributed by atoms with E-state index in [4.69, 9.17) is 13.9 Å². The van der Waals surface area contributed by atoms with Gasteiger partial charge in [0.1, 0.15) is 23.7 Å². The van der Waals surface area contributed by atoms with Crippen LogP contribution in [0.4, 0.5) is 5.69 Å². The second-order valence-corrected chi connectivity index (χ2v) is 10.2. The molecule has 7 nitrogen and oxygen atoms in total. The summed E-state index contributed by atoms with van der Waals surface area (Å²) in [6, 6.07) is 23.4. The summed E-state index contributed by atoms with van der Waals surface area (Å²) in [5.41, 5.74) is 4.45. The molecule has 1 atom stereocenters. The van der Waals surface area contributed by atoms with E-state index in [0.29, 0.717) is 25.3 Å². The van der Waals surface area contributed by atoms with Gasteiger partial charge in [-0.1, -0.05) is 44.2 Å². The third kappa shape index (κ3) is 7.03. The Hall–Kier alpha value is -4.26. The summed E-state index contributed by atoms with van der Waals surface area (Å²) in [6.07, 6.45) is 0.170. The zero-order valence-corrected chi connectivity index (χ0v) is 23.9. The average molecular weight is 543 g/mol. The highest BCUT2D eigenvalue weighted by atomic mass is 16.5. The Morgan fingerprint density at radius 3 is 2.40 bits per heavy atom. The number of hydrogen-bond donors (Lipinski definition) is 1. The van der Waals surface area contributed by atoms with Crippen molar-refractivity contribution in [3.05, 3.63) is 95.2 Å². The maximum absolute atomic E-state index is 12.8. The predicted molar refractivity (Wildman–Crippen MR) is 158 cm³/mol. The smallest absolute Gasteiger partial charge is 0.307 e. The van der Waals surface area contributed by atoms with E-state index in [1.807, 2.05) is 60.7 Å². The van der Waals surface area contributed by atoms with Gasteiger partial charge in [0, 0.05) is 35.8 Å². The van der Waals surface area contributed by atoms with Crippen molar-refractivity contribution in [2.24, 2.45) is 5.92 Å². The van der Waals surface area contributed by atoms with Gasteiger partial charge in [-0.25, -0.2) is 0 Å². The Kier molecular flexibility index (Phi) is 9.48. The first-order valence-electron chi connectivity index (χ1n) is 13.7. The summed E-state index contributed by atoms with van der Waals surface area (Å²) in [6.45, 7) is 9.28. The van der Waals surface area contributed by atoms with Crippen LogP contribution >= 0.6 is 0 Å². The molecule has 1 N–H and O–H groups in total. The molecule has 0 aliphatic heterocycles. The zero-order valence-electron chi connectivity index (χ0n) is 23.9. The molecule has 4 rings (SSSR count). The van der Waals surface area contributed by atoms with Crippen molar-refractivity contribution in [3.8, 4) is 5.75 Å². The number of aryl methyl sites for hydroxylation is 1. The molecule has 0 saturated heterocycles.